The summed E-state index contributed by atoms with van der Waals surface area (Å²) in [4.78, 5) is 12.3. The van der Waals surface area contributed by atoms with Crippen molar-refractivity contribution in [3.63, 3.8) is 0 Å². The third kappa shape index (κ3) is 5.51. The molecule has 0 aliphatic carbocycles. The molecule has 8 heteroatoms. The minimum absolute atomic E-state index is 0.0952. The molecule has 0 bridgehead atoms. The number of aryl methyl sites for hydroxylation is 1. The van der Waals surface area contributed by atoms with Gasteiger partial charge in [0.05, 0.1) is 17.2 Å². The van der Waals surface area contributed by atoms with Crippen molar-refractivity contribution in [2.45, 2.75) is 24.8 Å². The highest BCUT2D eigenvalue weighted by Crippen LogP contribution is 2.24. The van der Waals surface area contributed by atoms with E-state index in [9.17, 15) is 17.6 Å². The Kier molecular flexibility index (Phi) is 6.92. The number of hydrogen-bond donors (Lipinski definition) is 1. The molecule has 6 nitrogen and oxygen atoms in total. The van der Waals surface area contributed by atoms with Gasteiger partial charge in [-0.2, -0.15) is 0 Å². The van der Waals surface area contributed by atoms with E-state index >= 15 is 0 Å². The zero-order valence-corrected chi connectivity index (χ0v) is 16.3. The summed E-state index contributed by atoms with van der Waals surface area (Å²) in [6.07, 6.45) is 0. The molecule has 0 aliphatic rings. The lowest BCUT2D eigenvalue weighted by molar-refractivity contribution is -0.120. The van der Waals surface area contributed by atoms with Crippen LogP contribution >= 0.6 is 0 Å². The normalized spacial score (nSPS) is 12.4. The largest absolute Gasteiger partial charge is 0.383 e. The Hall–Kier alpha value is -2.45. The van der Waals surface area contributed by atoms with Crippen molar-refractivity contribution in [3.8, 4) is 0 Å². The summed E-state index contributed by atoms with van der Waals surface area (Å²) in [5.74, 6) is -1.01. The Labute approximate surface area is 159 Å². The van der Waals surface area contributed by atoms with E-state index in [1.165, 1.54) is 19.2 Å². The molecule has 0 saturated carbocycles. The minimum atomic E-state index is -4.05. The first-order valence-electron chi connectivity index (χ1n) is 8.37. The van der Waals surface area contributed by atoms with Gasteiger partial charge >= 0.3 is 0 Å². The van der Waals surface area contributed by atoms with Gasteiger partial charge in [0.15, 0.2) is 0 Å². The maximum absolute atomic E-state index is 13.2. The number of halogens is 1. The standard InChI is InChI=1S/C19H23FN2O4S/c1-14-4-8-17(9-5-14)22(12-19(23)21-15(2)13-26-3)27(24,25)18-10-6-16(20)7-11-18/h4-11,15H,12-13H2,1-3H3,(H,21,23)/t15-/m1/s1. The molecular weight excluding hydrogens is 371 g/mol. The van der Waals surface area contributed by atoms with E-state index in [1.807, 2.05) is 6.92 Å². The molecule has 2 aromatic rings. The predicted molar refractivity (Wildman–Crippen MR) is 102 cm³/mol. The highest BCUT2D eigenvalue weighted by Gasteiger charge is 2.27. The summed E-state index contributed by atoms with van der Waals surface area (Å²) >= 11 is 0. The minimum Gasteiger partial charge on any atom is -0.383 e. The van der Waals surface area contributed by atoms with Gasteiger partial charge in [-0.05, 0) is 50.2 Å². The van der Waals surface area contributed by atoms with Crippen LogP contribution in [0, 0.1) is 12.7 Å². The van der Waals surface area contributed by atoms with Crippen LogP contribution in [0.1, 0.15) is 12.5 Å². The molecule has 1 N–H and O–H groups in total. The van der Waals surface area contributed by atoms with Gasteiger partial charge in [-0.3, -0.25) is 9.10 Å². The maximum Gasteiger partial charge on any atom is 0.264 e. The van der Waals surface area contributed by atoms with E-state index in [1.54, 1.807) is 31.2 Å². The second-order valence-electron chi connectivity index (χ2n) is 6.23. The molecule has 0 aromatic heterocycles. The second kappa shape index (κ2) is 8.96. The van der Waals surface area contributed by atoms with E-state index in [-0.39, 0.29) is 10.9 Å². The lowest BCUT2D eigenvalue weighted by Crippen LogP contribution is -2.44. The first-order valence-corrected chi connectivity index (χ1v) is 9.81. The summed E-state index contributed by atoms with van der Waals surface area (Å²) in [7, 11) is -2.54. The number of anilines is 1. The molecule has 27 heavy (non-hydrogen) atoms. The average molecular weight is 394 g/mol. The van der Waals surface area contributed by atoms with Gasteiger partial charge in [0.2, 0.25) is 5.91 Å². The van der Waals surface area contributed by atoms with Crippen molar-refractivity contribution in [2.75, 3.05) is 24.6 Å². The molecule has 146 valence electrons. The zero-order chi connectivity index (χ0) is 20.0. The van der Waals surface area contributed by atoms with Crippen molar-refractivity contribution in [1.82, 2.24) is 5.32 Å². The SMILES string of the molecule is COC[C@@H](C)NC(=O)CN(c1ccc(C)cc1)S(=O)(=O)c1ccc(F)cc1. The van der Waals surface area contributed by atoms with E-state index < -0.39 is 28.3 Å². The van der Waals surface area contributed by atoms with Crippen molar-refractivity contribution in [1.29, 1.82) is 0 Å². The van der Waals surface area contributed by atoms with Crippen LogP contribution in [0.25, 0.3) is 0 Å². The highest BCUT2D eigenvalue weighted by atomic mass is 32.2. The van der Waals surface area contributed by atoms with Gasteiger partial charge in [0.25, 0.3) is 10.0 Å². The van der Waals surface area contributed by atoms with Gasteiger partial charge in [0, 0.05) is 13.2 Å². The number of benzene rings is 2. The van der Waals surface area contributed by atoms with Gasteiger partial charge < -0.3 is 10.1 Å². The zero-order valence-electron chi connectivity index (χ0n) is 15.5. The van der Waals surface area contributed by atoms with Crippen LogP contribution < -0.4 is 9.62 Å². The lowest BCUT2D eigenvalue weighted by atomic mass is 10.2. The smallest absolute Gasteiger partial charge is 0.264 e. The summed E-state index contributed by atoms with van der Waals surface area (Å²) in [6.45, 7) is 3.53. The molecule has 0 heterocycles. The Morgan fingerprint density at radius 3 is 2.30 bits per heavy atom. The molecule has 0 fully saturated rings. The van der Waals surface area contributed by atoms with Gasteiger partial charge in [0.1, 0.15) is 12.4 Å². The molecule has 2 rings (SSSR count). The molecule has 0 aliphatic heterocycles. The van der Waals surface area contributed by atoms with Crippen LogP contribution in [0.2, 0.25) is 0 Å². The number of methoxy groups -OCH3 is 1. The van der Waals surface area contributed by atoms with Crippen LogP contribution in [-0.4, -0.2) is 40.6 Å². The summed E-state index contributed by atoms with van der Waals surface area (Å²) < 4.78 is 45.3. The number of rotatable bonds is 8. The number of nitrogens with one attached hydrogen (secondary N) is 1. The first-order chi connectivity index (χ1) is 12.7. The Balaban J connectivity index is 2.36. The third-order valence-electron chi connectivity index (χ3n) is 3.83. The molecular formula is C19H23FN2O4S. The fourth-order valence-electron chi connectivity index (χ4n) is 2.50. The third-order valence-corrected chi connectivity index (χ3v) is 5.62. The summed E-state index contributed by atoms with van der Waals surface area (Å²) in [5, 5.41) is 2.70. The van der Waals surface area contributed by atoms with Crippen LogP contribution in [0.5, 0.6) is 0 Å². The van der Waals surface area contributed by atoms with E-state index in [0.717, 1.165) is 22.0 Å². The predicted octanol–water partition coefficient (Wildman–Crippen LogP) is 2.48. The second-order valence-corrected chi connectivity index (χ2v) is 8.09. The summed E-state index contributed by atoms with van der Waals surface area (Å²) in [6, 6.07) is 11.0. The number of carbonyl (C=O) groups is 1. The molecule has 0 unspecified atom stereocenters. The van der Waals surface area contributed by atoms with Crippen LogP contribution in [0.15, 0.2) is 53.4 Å². The van der Waals surface area contributed by atoms with Gasteiger partial charge in [-0.25, -0.2) is 12.8 Å². The molecule has 1 atom stereocenters. The van der Waals surface area contributed by atoms with Crippen molar-refractivity contribution in [2.24, 2.45) is 0 Å². The number of ether oxygens (including phenoxy) is 1. The van der Waals surface area contributed by atoms with E-state index in [4.69, 9.17) is 4.74 Å². The van der Waals surface area contributed by atoms with Crippen molar-refractivity contribution in [3.05, 3.63) is 59.9 Å². The molecule has 2 aromatic carbocycles. The molecule has 1 amide bonds. The molecule has 0 radical (unpaired) electrons. The number of nitrogens with zero attached hydrogens (tertiary/aromatic N) is 1. The Morgan fingerprint density at radius 2 is 1.74 bits per heavy atom. The fraction of sp³-hybridized carbons (Fsp3) is 0.316. The highest BCUT2D eigenvalue weighted by molar-refractivity contribution is 7.92. The lowest BCUT2D eigenvalue weighted by Gasteiger charge is -2.25. The average Bonchev–Trinajstić information content (AvgIpc) is 2.61. The Bertz CT molecular complexity index is 868. The van der Waals surface area contributed by atoms with Crippen molar-refractivity contribution < 1.29 is 22.3 Å². The fourth-order valence-corrected chi connectivity index (χ4v) is 3.92. The summed E-state index contributed by atoms with van der Waals surface area (Å²) in [5.41, 5.74) is 1.30. The quantitative estimate of drug-likeness (QED) is 0.746. The van der Waals surface area contributed by atoms with Gasteiger partial charge in [-0.1, -0.05) is 17.7 Å². The van der Waals surface area contributed by atoms with E-state index in [2.05, 4.69) is 5.32 Å². The maximum atomic E-state index is 13.2. The van der Waals surface area contributed by atoms with Crippen molar-refractivity contribution >= 4 is 21.6 Å². The van der Waals surface area contributed by atoms with E-state index in [0.29, 0.717) is 12.3 Å². The number of amides is 1. The topological polar surface area (TPSA) is 75.7 Å². The van der Waals surface area contributed by atoms with Crippen LogP contribution in [0.4, 0.5) is 10.1 Å². The Morgan fingerprint density at radius 1 is 1.15 bits per heavy atom. The number of carbonyl (C=O) groups excluding carboxylic acids is 1. The monoisotopic (exact) mass is 394 g/mol. The van der Waals surface area contributed by atoms with Crippen LogP contribution in [-0.2, 0) is 19.6 Å². The first kappa shape index (κ1) is 20.9. The van der Waals surface area contributed by atoms with Crippen LogP contribution in [0.3, 0.4) is 0 Å². The molecule has 0 spiro atoms. The number of hydrogen-bond acceptors (Lipinski definition) is 4. The number of sulfonamides is 1. The molecule has 0 saturated heterocycles. The van der Waals surface area contributed by atoms with Gasteiger partial charge in [-0.15, -0.1) is 0 Å².